The van der Waals surface area contributed by atoms with E-state index >= 15 is 0 Å². The molecule has 3 aliphatic rings. The topological polar surface area (TPSA) is 131 Å². The second-order valence-corrected chi connectivity index (χ2v) is 13.1. The van der Waals surface area contributed by atoms with Gasteiger partial charge in [0.05, 0.1) is 6.07 Å². The fourth-order valence-electron chi connectivity index (χ4n) is 6.32. The maximum Gasteiger partial charge on any atom is 0.471 e. The number of nitrogens with one attached hydrogen (secondary N) is 3. The van der Waals surface area contributed by atoms with Crippen molar-refractivity contribution in [3.63, 3.8) is 0 Å². The molecule has 2 aliphatic heterocycles. The van der Waals surface area contributed by atoms with Gasteiger partial charge in [-0.2, -0.15) is 18.4 Å². The molecule has 9 nitrogen and oxygen atoms in total. The van der Waals surface area contributed by atoms with E-state index < -0.39 is 53.4 Å². The molecule has 0 spiro atoms. The number of carbonyl (C=O) groups is 4. The predicted molar refractivity (Wildman–Crippen MR) is 143 cm³/mol. The van der Waals surface area contributed by atoms with Crippen LogP contribution in [-0.2, 0) is 25.6 Å². The van der Waals surface area contributed by atoms with Gasteiger partial charge in [0.2, 0.25) is 17.7 Å². The van der Waals surface area contributed by atoms with Crippen LogP contribution in [0.3, 0.4) is 0 Å². The second-order valence-electron chi connectivity index (χ2n) is 13.1. The zero-order valence-electron chi connectivity index (χ0n) is 24.0. The molecule has 1 unspecified atom stereocenters. The molecule has 222 valence electrons. The van der Waals surface area contributed by atoms with Crippen molar-refractivity contribution in [1.82, 2.24) is 15.5 Å². The third-order valence-corrected chi connectivity index (χ3v) is 8.75. The van der Waals surface area contributed by atoms with Gasteiger partial charge >= 0.3 is 12.1 Å². The number of fused-ring (bicyclic) bond motifs is 2. The largest absolute Gasteiger partial charge is 0.471 e. The second kappa shape index (κ2) is 10.3. The molecule has 1 aromatic rings. The lowest BCUT2D eigenvalue weighted by atomic mass is 9.85. The molecule has 41 heavy (non-hydrogen) atoms. The molecular weight excluding hydrogens is 539 g/mol. The van der Waals surface area contributed by atoms with Crippen molar-refractivity contribution in [1.29, 1.82) is 5.26 Å². The van der Waals surface area contributed by atoms with Crippen LogP contribution >= 0.6 is 0 Å². The number of benzene rings is 1. The number of amides is 4. The molecular formula is C29H36F3N5O4. The normalized spacial score (nSPS) is 26.0. The minimum Gasteiger partial charge on any atom is -0.339 e. The standard InChI is InChI=1S/C29H36F3N5O4/c1-14-7-8-19-15(9-14)10-16(23(38)35-19)11-17(12-33)34-24(39)21-20-18(28(20,5)6)13-37(21)25(40)22(27(2,3)4)36-26(41)29(30,31)32/h7-9,16-18,20-22H,10-11,13H2,1-6H3,(H,34,39)(H,35,38)(H,36,41)/t16?,17-,18-,20+,21-,22+/m0/s1. The van der Waals surface area contributed by atoms with Gasteiger partial charge < -0.3 is 20.9 Å². The lowest BCUT2D eigenvalue weighted by Crippen LogP contribution is -2.61. The third kappa shape index (κ3) is 5.90. The van der Waals surface area contributed by atoms with Gasteiger partial charge in [-0.1, -0.05) is 52.3 Å². The SMILES string of the molecule is Cc1ccc2c(c1)CC(C[C@@H](C#N)NC(=O)[C@@H]1[C@H]3[C@H](CN1C(=O)[C@@H](NC(=O)C(F)(F)F)C(C)(C)C)C3(C)C)C(=O)N2. The Balaban J connectivity index is 1.52. The van der Waals surface area contributed by atoms with Crippen LogP contribution in [0.2, 0.25) is 0 Å². The fraction of sp³-hybridized carbons (Fsp3) is 0.621. The highest BCUT2D eigenvalue weighted by molar-refractivity contribution is 5.96. The number of likely N-dealkylation sites (tertiary alicyclic amines) is 1. The molecule has 4 rings (SSSR count). The first-order chi connectivity index (χ1) is 18.9. The quantitative estimate of drug-likeness (QED) is 0.480. The number of alkyl halides is 3. The van der Waals surface area contributed by atoms with Crippen LogP contribution < -0.4 is 16.0 Å². The lowest BCUT2D eigenvalue weighted by Gasteiger charge is -2.38. The van der Waals surface area contributed by atoms with E-state index in [2.05, 4.69) is 10.6 Å². The summed E-state index contributed by atoms with van der Waals surface area (Å²) in [5, 5.41) is 17.2. The van der Waals surface area contributed by atoms with E-state index in [4.69, 9.17) is 0 Å². The molecule has 2 fully saturated rings. The Kier molecular flexibility index (Phi) is 7.65. The molecule has 0 bridgehead atoms. The van der Waals surface area contributed by atoms with E-state index in [1.54, 1.807) is 0 Å². The van der Waals surface area contributed by atoms with Crippen LogP contribution in [0.1, 0.15) is 52.2 Å². The number of anilines is 1. The van der Waals surface area contributed by atoms with E-state index in [9.17, 15) is 37.6 Å². The van der Waals surface area contributed by atoms with Gasteiger partial charge in [-0.3, -0.25) is 19.2 Å². The number of carbonyl (C=O) groups excluding carboxylic acids is 4. The Morgan fingerprint density at radius 3 is 2.44 bits per heavy atom. The molecule has 12 heteroatoms. The molecule has 0 aromatic heterocycles. The van der Waals surface area contributed by atoms with Crippen molar-refractivity contribution in [2.24, 2.45) is 28.6 Å². The van der Waals surface area contributed by atoms with Gasteiger partial charge in [0, 0.05) is 18.2 Å². The number of hydrogen-bond donors (Lipinski definition) is 3. The number of rotatable bonds is 6. The smallest absolute Gasteiger partial charge is 0.339 e. The van der Waals surface area contributed by atoms with Gasteiger partial charge in [0.15, 0.2) is 0 Å². The summed E-state index contributed by atoms with van der Waals surface area (Å²) < 4.78 is 39.2. The van der Waals surface area contributed by atoms with Crippen LogP contribution in [0.5, 0.6) is 0 Å². The number of halogens is 3. The molecule has 3 N–H and O–H groups in total. The molecule has 1 aliphatic carbocycles. The Labute approximate surface area is 237 Å². The van der Waals surface area contributed by atoms with Crippen molar-refractivity contribution in [2.75, 3.05) is 11.9 Å². The van der Waals surface area contributed by atoms with Crippen molar-refractivity contribution < 1.29 is 32.3 Å². The Morgan fingerprint density at radius 2 is 1.85 bits per heavy atom. The van der Waals surface area contributed by atoms with Gasteiger partial charge in [0.1, 0.15) is 18.1 Å². The molecule has 2 heterocycles. The Hall–Kier alpha value is -3.62. The van der Waals surface area contributed by atoms with Gasteiger partial charge in [-0.25, -0.2) is 0 Å². The molecule has 6 atom stereocenters. The first-order valence-electron chi connectivity index (χ1n) is 13.6. The predicted octanol–water partition coefficient (Wildman–Crippen LogP) is 3.08. The molecule has 1 saturated carbocycles. The maximum absolute atomic E-state index is 13.7. The van der Waals surface area contributed by atoms with Crippen molar-refractivity contribution in [3.8, 4) is 6.07 Å². The summed E-state index contributed by atoms with van der Waals surface area (Å²) in [6.45, 7) is 10.6. The number of hydrogen-bond acceptors (Lipinski definition) is 5. The van der Waals surface area contributed by atoms with Crippen LogP contribution in [0.15, 0.2) is 18.2 Å². The van der Waals surface area contributed by atoms with E-state index in [0.29, 0.717) is 12.1 Å². The summed E-state index contributed by atoms with van der Waals surface area (Å²) >= 11 is 0. The maximum atomic E-state index is 13.7. The number of aryl methyl sites for hydroxylation is 1. The number of piperidine rings is 1. The van der Waals surface area contributed by atoms with Gasteiger partial charge in [-0.15, -0.1) is 0 Å². The fourth-order valence-corrected chi connectivity index (χ4v) is 6.32. The molecule has 1 saturated heterocycles. The van der Waals surface area contributed by atoms with Gasteiger partial charge in [-0.05, 0) is 54.1 Å². The van der Waals surface area contributed by atoms with Crippen LogP contribution in [-0.4, -0.2) is 59.4 Å². The first-order valence-corrected chi connectivity index (χ1v) is 13.6. The summed E-state index contributed by atoms with van der Waals surface area (Å²) in [5.74, 6) is -4.78. The monoisotopic (exact) mass is 575 g/mol. The highest BCUT2D eigenvalue weighted by Gasteiger charge is 2.70. The highest BCUT2D eigenvalue weighted by atomic mass is 19.4. The lowest BCUT2D eigenvalue weighted by molar-refractivity contribution is -0.176. The van der Waals surface area contributed by atoms with Crippen LogP contribution in [0.25, 0.3) is 0 Å². The van der Waals surface area contributed by atoms with Gasteiger partial charge in [0.25, 0.3) is 0 Å². The van der Waals surface area contributed by atoms with Crippen molar-refractivity contribution in [2.45, 2.75) is 78.7 Å². The minimum atomic E-state index is -5.18. The van der Waals surface area contributed by atoms with Crippen LogP contribution in [0, 0.1) is 46.8 Å². The van der Waals surface area contributed by atoms with E-state index in [1.807, 2.05) is 50.4 Å². The summed E-state index contributed by atoms with van der Waals surface area (Å²) in [6.07, 6.45) is -4.74. The summed E-state index contributed by atoms with van der Waals surface area (Å²) in [4.78, 5) is 53.1. The Morgan fingerprint density at radius 1 is 1.20 bits per heavy atom. The highest BCUT2D eigenvalue weighted by Crippen LogP contribution is 2.65. The zero-order chi connectivity index (χ0) is 30.7. The number of nitrogens with zero attached hydrogens (tertiary/aromatic N) is 2. The van der Waals surface area contributed by atoms with Crippen LogP contribution in [0.4, 0.5) is 18.9 Å². The van der Waals surface area contributed by atoms with Crippen molar-refractivity contribution in [3.05, 3.63) is 29.3 Å². The average Bonchev–Trinajstić information content (AvgIpc) is 3.19. The van der Waals surface area contributed by atoms with E-state index in [0.717, 1.165) is 11.1 Å². The summed E-state index contributed by atoms with van der Waals surface area (Å²) in [7, 11) is 0. The summed E-state index contributed by atoms with van der Waals surface area (Å²) in [5.41, 5.74) is 1.29. The van der Waals surface area contributed by atoms with Crippen molar-refractivity contribution >= 4 is 29.3 Å². The molecule has 0 radical (unpaired) electrons. The third-order valence-electron chi connectivity index (χ3n) is 8.75. The molecule has 4 amide bonds. The average molecular weight is 576 g/mol. The summed E-state index contributed by atoms with van der Waals surface area (Å²) in [6, 6.07) is 4.11. The van der Waals surface area contributed by atoms with E-state index in [-0.39, 0.29) is 36.1 Å². The number of nitriles is 1. The molecule has 1 aromatic carbocycles. The van der Waals surface area contributed by atoms with E-state index in [1.165, 1.54) is 25.7 Å². The first kappa shape index (κ1) is 30.3. The zero-order valence-corrected chi connectivity index (χ0v) is 24.0. The minimum absolute atomic E-state index is 0.0475. The Bertz CT molecular complexity index is 1310.